The molecule has 8 heteroatoms. The number of halogens is 1. The molecule has 0 radical (unpaired) electrons. The second-order valence-electron chi connectivity index (χ2n) is 8.37. The van der Waals surface area contributed by atoms with Gasteiger partial charge in [-0.25, -0.2) is 4.99 Å². The summed E-state index contributed by atoms with van der Waals surface area (Å²) >= 11 is 0. The Labute approximate surface area is 197 Å². The quantitative estimate of drug-likeness (QED) is 0.307. The molecule has 2 N–H and O–H groups in total. The van der Waals surface area contributed by atoms with Gasteiger partial charge in [0, 0.05) is 26.2 Å². The molecule has 7 nitrogen and oxygen atoms in total. The average Bonchev–Trinajstić information content (AvgIpc) is 3.33. The zero-order valence-electron chi connectivity index (χ0n) is 18.4. The van der Waals surface area contributed by atoms with Gasteiger partial charge in [0.25, 0.3) is 0 Å². The molecule has 30 heavy (non-hydrogen) atoms. The van der Waals surface area contributed by atoms with Gasteiger partial charge in [0.05, 0.1) is 13.7 Å². The molecule has 1 aromatic rings. The summed E-state index contributed by atoms with van der Waals surface area (Å²) in [6.45, 7) is 2.72. The van der Waals surface area contributed by atoms with Gasteiger partial charge >= 0.3 is 0 Å². The molecule has 3 rings (SSSR count). The van der Waals surface area contributed by atoms with E-state index >= 15 is 0 Å². The van der Waals surface area contributed by atoms with E-state index in [0.717, 1.165) is 23.3 Å². The SMILES string of the molecule is COc1cccc(OC(C)CNC(=NCC(=O)N(C)C)NC2CC3CCC2C3)c1.I. The fourth-order valence-electron chi connectivity index (χ4n) is 4.23. The maximum atomic E-state index is 12.0. The van der Waals surface area contributed by atoms with Crippen LogP contribution in [0.5, 0.6) is 11.5 Å². The third-order valence-electron chi connectivity index (χ3n) is 5.87. The molecule has 1 amide bonds. The van der Waals surface area contributed by atoms with Gasteiger partial charge in [-0.1, -0.05) is 12.5 Å². The highest BCUT2D eigenvalue weighted by molar-refractivity contribution is 14.0. The van der Waals surface area contributed by atoms with E-state index in [2.05, 4.69) is 15.6 Å². The van der Waals surface area contributed by atoms with Crippen molar-refractivity contribution in [2.75, 3.05) is 34.3 Å². The van der Waals surface area contributed by atoms with E-state index in [9.17, 15) is 4.79 Å². The fourth-order valence-corrected chi connectivity index (χ4v) is 4.23. The van der Waals surface area contributed by atoms with Crippen molar-refractivity contribution in [3.8, 4) is 11.5 Å². The van der Waals surface area contributed by atoms with E-state index in [1.165, 1.54) is 25.7 Å². The van der Waals surface area contributed by atoms with Gasteiger partial charge in [-0.15, -0.1) is 24.0 Å². The summed E-state index contributed by atoms with van der Waals surface area (Å²) in [5, 5.41) is 6.93. The van der Waals surface area contributed by atoms with Crippen LogP contribution in [-0.2, 0) is 4.79 Å². The van der Waals surface area contributed by atoms with Gasteiger partial charge in [0.15, 0.2) is 5.96 Å². The predicted octanol–water partition coefficient (Wildman–Crippen LogP) is 2.89. The molecular formula is C22H35IN4O3. The first-order valence-corrected chi connectivity index (χ1v) is 10.5. The van der Waals surface area contributed by atoms with Crippen molar-refractivity contribution in [2.24, 2.45) is 16.8 Å². The number of nitrogens with zero attached hydrogens (tertiary/aromatic N) is 2. The summed E-state index contributed by atoms with van der Waals surface area (Å²) in [7, 11) is 5.14. The Morgan fingerprint density at radius 2 is 2.03 bits per heavy atom. The molecule has 4 atom stereocenters. The summed E-state index contributed by atoms with van der Waals surface area (Å²) in [6, 6.07) is 8.03. The number of nitrogens with one attached hydrogen (secondary N) is 2. The molecule has 1 aromatic carbocycles. The van der Waals surface area contributed by atoms with Crippen molar-refractivity contribution < 1.29 is 14.3 Å². The van der Waals surface area contributed by atoms with Crippen molar-refractivity contribution in [1.82, 2.24) is 15.5 Å². The Morgan fingerprint density at radius 3 is 2.67 bits per heavy atom. The highest BCUT2D eigenvalue weighted by Gasteiger charge is 2.39. The minimum absolute atomic E-state index is 0. The molecule has 0 aliphatic heterocycles. The number of carbonyl (C=O) groups excluding carboxylic acids is 1. The number of likely N-dealkylation sites (N-methyl/N-ethyl adjacent to an activating group) is 1. The molecule has 2 aliphatic rings. The third-order valence-corrected chi connectivity index (χ3v) is 5.87. The van der Waals surface area contributed by atoms with Gasteiger partial charge in [0.2, 0.25) is 5.91 Å². The minimum atomic E-state index is -0.0707. The summed E-state index contributed by atoms with van der Waals surface area (Å²) in [4.78, 5) is 18.1. The monoisotopic (exact) mass is 530 g/mol. The lowest BCUT2D eigenvalue weighted by Gasteiger charge is -2.26. The van der Waals surface area contributed by atoms with Crippen molar-refractivity contribution >= 4 is 35.8 Å². The number of methoxy groups -OCH3 is 1. The number of rotatable bonds is 8. The van der Waals surface area contributed by atoms with E-state index in [4.69, 9.17) is 9.47 Å². The Bertz CT molecular complexity index is 728. The van der Waals surface area contributed by atoms with Crippen molar-refractivity contribution in [3.05, 3.63) is 24.3 Å². The van der Waals surface area contributed by atoms with Crippen LogP contribution in [0.25, 0.3) is 0 Å². The number of hydrogen-bond acceptors (Lipinski definition) is 4. The van der Waals surface area contributed by atoms with E-state index < -0.39 is 0 Å². The lowest BCUT2D eigenvalue weighted by atomic mass is 9.95. The van der Waals surface area contributed by atoms with Gasteiger partial charge < -0.3 is 25.0 Å². The number of aliphatic imine (C=N–C) groups is 1. The van der Waals surface area contributed by atoms with E-state index in [0.29, 0.717) is 18.5 Å². The maximum Gasteiger partial charge on any atom is 0.243 e. The van der Waals surface area contributed by atoms with Crippen LogP contribution in [0.2, 0.25) is 0 Å². The second-order valence-corrected chi connectivity index (χ2v) is 8.37. The minimum Gasteiger partial charge on any atom is -0.497 e. The topological polar surface area (TPSA) is 75.2 Å². The molecule has 0 saturated heterocycles. The number of ether oxygens (including phenoxy) is 2. The first kappa shape index (κ1) is 24.6. The van der Waals surface area contributed by atoms with Gasteiger partial charge in [-0.2, -0.15) is 0 Å². The van der Waals surface area contributed by atoms with Crippen LogP contribution < -0.4 is 20.1 Å². The zero-order valence-corrected chi connectivity index (χ0v) is 20.7. The molecule has 0 spiro atoms. The Kier molecular flexibility index (Phi) is 9.51. The molecule has 4 unspecified atom stereocenters. The van der Waals surface area contributed by atoms with Crippen molar-refractivity contribution in [2.45, 2.75) is 44.8 Å². The summed E-state index contributed by atoms with van der Waals surface area (Å²) in [6.07, 6.45) is 5.09. The Balaban J connectivity index is 0.00000320. The van der Waals surface area contributed by atoms with Crippen molar-refractivity contribution in [1.29, 1.82) is 0 Å². The van der Waals surface area contributed by atoms with Gasteiger partial charge in [-0.3, -0.25) is 4.79 Å². The molecule has 2 bridgehead atoms. The van der Waals surface area contributed by atoms with Crippen LogP contribution in [-0.4, -0.2) is 63.2 Å². The van der Waals surface area contributed by atoms with Crippen LogP contribution in [0.1, 0.15) is 32.6 Å². The molecular weight excluding hydrogens is 495 g/mol. The largest absolute Gasteiger partial charge is 0.497 e. The third kappa shape index (κ3) is 6.92. The zero-order chi connectivity index (χ0) is 20.8. The van der Waals surface area contributed by atoms with Crippen LogP contribution in [0.15, 0.2) is 29.3 Å². The van der Waals surface area contributed by atoms with Crippen LogP contribution >= 0.6 is 24.0 Å². The van der Waals surface area contributed by atoms with Crippen LogP contribution in [0, 0.1) is 11.8 Å². The lowest BCUT2D eigenvalue weighted by Crippen LogP contribution is -2.48. The molecule has 2 saturated carbocycles. The van der Waals surface area contributed by atoms with Gasteiger partial charge in [0.1, 0.15) is 24.1 Å². The molecule has 2 fully saturated rings. The fraction of sp³-hybridized carbons (Fsp3) is 0.636. The molecule has 0 aromatic heterocycles. The first-order chi connectivity index (χ1) is 13.9. The van der Waals surface area contributed by atoms with Gasteiger partial charge in [-0.05, 0) is 50.2 Å². The number of carbonyl (C=O) groups is 1. The number of guanidine groups is 1. The van der Waals surface area contributed by atoms with E-state index in [1.54, 1.807) is 26.1 Å². The number of hydrogen-bond donors (Lipinski definition) is 2. The smallest absolute Gasteiger partial charge is 0.243 e. The second kappa shape index (κ2) is 11.6. The van der Waals surface area contributed by atoms with Crippen LogP contribution in [0.4, 0.5) is 0 Å². The summed E-state index contributed by atoms with van der Waals surface area (Å²) in [5.74, 6) is 3.78. The number of fused-ring (bicyclic) bond motifs is 2. The summed E-state index contributed by atoms with van der Waals surface area (Å²) < 4.78 is 11.2. The average molecular weight is 530 g/mol. The summed E-state index contributed by atoms with van der Waals surface area (Å²) in [5.41, 5.74) is 0. The standard InChI is InChI=1S/C22H34N4O3.HI/c1-15(29-19-7-5-6-18(12-19)28-4)13-23-22(24-14-21(27)26(2)3)25-20-11-16-8-9-17(20)10-16;/h5-7,12,15-17,20H,8-11,13-14H2,1-4H3,(H2,23,24,25);1H. The van der Waals surface area contributed by atoms with Crippen LogP contribution in [0.3, 0.4) is 0 Å². The Morgan fingerprint density at radius 1 is 1.27 bits per heavy atom. The Hall–Kier alpha value is -1.71. The first-order valence-electron chi connectivity index (χ1n) is 10.5. The normalized spacial score (nSPS) is 23.3. The maximum absolute atomic E-state index is 12.0. The van der Waals surface area contributed by atoms with E-state index in [1.807, 2.05) is 31.2 Å². The molecule has 168 valence electrons. The highest BCUT2D eigenvalue weighted by Crippen LogP contribution is 2.44. The molecule has 2 aliphatic carbocycles. The highest BCUT2D eigenvalue weighted by atomic mass is 127. The number of benzene rings is 1. The lowest BCUT2D eigenvalue weighted by molar-refractivity contribution is -0.127. The number of amides is 1. The molecule has 0 heterocycles. The van der Waals surface area contributed by atoms with E-state index in [-0.39, 0.29) is 42.5 Å². The predicted molar refractivity (Wildman–Crippen MR) is 130 cm³/mol. The van der Waals surface area contributed by atoms with Crippen molar-refractivity contribution in [3.63, 3.8) is 0 Å².